The lowest BCUT2D eigenvalue weighted by Gasteiger charge is -2.13. The molecular weight excluding hydrogens is 377 g/mol. The molecule has 0 radical (unpaired) electrons. The van der Waals surface area contributed by atoms with Gasteiger partial charge < -0.3 is 10.1 Å². The zero-order chi connectivity index (χ0) is 21.1. The van der Waals surface area contributed by atoms with Crippen LogP contribution in [0.3, 0.4) is 0 Å². The fourth-order valence-corrected chi connectivity index (χ4v) is 2.81. The lowest BCUT2D eigenvalue weighted by molar-refractivity contribution is -0.123. The first-order valence-corrected chi connectivity index (χ1v) is 8.91. The third-order valence-electron chi connectivity index (χ3n) is 4.54. The second kappa shape index (κ2) is 8.14. The van der Waals surface area contributed by atoms with Crippen molar-refractivity contribution in [3.05, 3.63) is 82.0 Å². The number of nitrogens with one attached hydrogen (secondary N) is 1. The molecule has 0 fully saturated rings. The van der Waals surface area contributed by atoms with Gasteiger partial charge in [0, 0.05) is 7.05 Å². The fraction of sp³-hybridized carbons (Fsp3) is 0.190. The van der Waals surface area contributed by atoms with E-state index in [1.54, 1.807) is 42.9 Å². The standard InChI is InChI=1S/C21H20FN3O4/c1-13-18(20(27)25(24(13)3)17-7-5-4-6-8-17)23-19(26)14(2)29-21(28)15-9-11-16(22)12-10-15/h4-12,14H,1-3H3,(H,23,26)/t14-/m0/s1. The highest BCUT2D eigenvalue weighted by Gasteiger charge is 2.23. The average molecular weight is 397 g/mol. The minimum atomic E-state index is -1.16. The average Bonchev–Trinajstić information content (AvgIpc) is 2.92. The molecule has 1 N–H and O–H groups in total. The van der Waals surface area contributed by atoms with Gasteiger partial charge >= 0.3 is 5.97 Å². The molecule has 1 aromatic heterocycles. The van der Waals surface area contributed by atoms with E-state index in [9.17, 15) is 18.8 Å². The molecule has 0 unspecified atom stereocenters. The molecule has 150 valence electrons. The van der Waals surface area contributed by atoms with Crippen molar-refractivity contribution in [3.63, 3.8) is 0 Å². The Labute approximate surface area is 166 Å². The molecule has 3 rings (SSSR count). The van der Waals surface area contributed by atoms with Crippen molar-refractivity contribution in [2.75, 3.05) is 5.32 Å². The number of rotatable bonds is 5. The van der Waals surface area contributed by atoms with Crippen molar-refractivity contribution >= 4 is 17.6 Å². The molecule has 2 aromatic carbocycles. The molecule has 1 amide bonds. The Morgan fingerprint density at radius 1 is 1.07 bits per heavy atom. The molecule has 1 atom stereocenters. The van der Waals surface area contributed by atoms with Crippen LogP contribution in [0.1, 0.15) is 23.0 Å². The molecule has 0 saturated heterocycles. The number of anilines is 1. The third kappa shape index (κ3) is 4.11. The van der Waals surface area contributed by atoms with Crippen LogP contribution >= 0.6 is 0 Å². The number of nitrogens with zero attached hydrogens (tertiary/aromatic N) is 2. The number of amides is 1. The van der Waals surface area contributed by atoms with Gasteiger partial charge in [0.25, 0.3) is 11.5 Å². The monoisotopic (exact) mass is 397 g/mol. The number of hydrogen-bond donors (Lipinski definition) is 1. The normalized spacial score (nSPS) is 11.7. The van der Waals surface area contributed by atoms with Crippen molar-refractivity contribution in [1.29, 1.82) is 0 Å². The van der Waals surface area contributed by atoms with Gasteiger partial charge in [0.2, 0.25) is 0 Å². The zero-order valence-electron chi connectivity index (χ0n) is 16.2. The van der Waals surface area contributed by atoms with E-state index in [2.05, 4.69) is 5.32 Å². The molecule has 29 heavy (non-hydrogen) atoms. The molecule has 0 bridgehead atoms. The predicted molar refractivity (Wildman–Crippen MR) is 106 cm³/mol. The van der Waals surface area contributed by atoms with E-state index in [1.165, 1.54) is 23.7 Å². The van der Waals surface area contributed by atoms with Crippen LogP contribution in [0.15, 0.2) is 59.4 Å². The highest BCUT2D eigenvalue weighted by atomic mass is 19.1. The zero-order valence-corrected chi connectivity index (χ0v) is 16.2. The van der Waals surface area contributed by atoms with Crippen LogP contribution in [-0.2, 0) is 16.6 Å². The largest absolute Gasteiger partial charge is 0.449 e. The van der Waals surface area contributed by atoms with E-state index in [0.717, 1.165) is 12.1 Å². The summed E-state index contributed by atoms with van der Waals surface area (Å²) in [5.74, 6) is -1.90. The third-order valence-corrected chi connectivity index (χ3v) is 4.54. The maximum atomic E-state index is 13.0. The van der Waals surface area contributed by atoms with E-state index >= 15 is 0 Å². The van der Waals surface area contributed by atoms with Gasteiger partial charge in [0.15, 0.2) is 6.10 Å². The Bertz CT molecular complexity index is 1100. The number of benzene rings is 2. The molecule has 0 aliphatic rings. The summed E-state index contributed by atoms with van der Waals surface area (Å²) in [4.78, 5) is 37.4. The van der Waals surface area contributed by atoms with Crippen LogP contribution < -0.4 is 10.9 Å². The van der Waals surface area contributed by atoms with E-state index in [0.29, 0.717) is 11.4 Å². The Balaban J connectivity index is 1.77. The van der Waals surface area contributed by atoms with Gasteiger partial charge in [-0.3, -0.25) is 14.3 Å². The van der Waals surface area contributed by atoms with Crippen molar-refractivity contribution in [2.45, 2.75) is 20.0 Å². The van der Waals surface area contributed by atoms with Crippen LogP contribution in [0, 0.1) is 12.7 Å². The summed E-state index contributed by atoms with van der Waals surface area (Å²) >= 11 is 0. The molecule has 0 aliphatic heterocycles. The van der Waals surface area contributed by atoms with Crippen molar-refractivity contribution in [1.82, 2.24) is 9.36 Å². The van der Waals surface area contributed by atoms with Gasteiger partial charge in [-0.1, -0.05) is 18.2 Å². The second-order valence-corrected chi connectivity index (χ2v) is 6.48. The van der Waals surface area contributed by atoms with Crippen LogP contribution in [0.5, 0.6) is 0 Å². The van der Waals surface area contributed by atoms with E-state index < -0.39 is 29.4 Å². The Hall–Kier alpha value is -3.68. The highest BCUT2D eigenvalue weighted by molar-refractivity contribution is 5.97. The number of halogens is 1. The Morgan fingerprint density at radius 3 is 2.31 bits per heavy atom. The summed E-state index contributed by atoms with van der Waals surface area (Å²) in [6.45, 7) is 3.09. The Kier molecular flexibility index (Phi) is 5.63. The fourth-order valence-electron chi connectivity index (χ4n) is 2.81. The van der Waals surface area contributed by atoms with Gasteiger partial charge in [-0.2, -0.15) is 0 Å². The number of ether oxygens (including phenoxy) is 1. The first-order valence-electron chi connectivity index (χ1n) is 8.91. The lowest BCUT2D eigenvalue weighted by Crippen LogP contribution is -2.32. The van der Waals surface area contributed by atoms with Crippen LogP contribution in [0.4, 0.5) is 10.1 Å². The molecular formula is C21H20FN3O4. The molecule has 7 nitrogen and oxygen atoms in total. The first-order chi connectivity index (χ1) is 13.8. The number of carbonyl (C=O) groups excluding carboxylic acids is 2. The predicted octanol–water partition coefficient (Wildman–Crippen LogP) is 2.81. The van der Waals surface area contributed by atoms with Crippen molar-refractivity contribution < 1.29 is 18.7 Å². The topological polar surface area (TPSA) is 82.3 Å². The summed E-state index contributed by atoms with van der Waals surface area (Å²) in [7, 11) is 1.71. The SMILES string of the molecule is Cc1c(NC(=O)[C@H](C)OC(=O)c2ccc(F)cc2)c(=O)n(-c2ccccc2)n1C. The van der Waals surface area contributed by atoms with Gasteiger partial charge in [0.1, 0.15) is 11.5 Å². The summed E-state index contributed by atoms with van der Waals surface area (Å²) < 4.78 is 21.1. The van der Waals surface area contributed by atoms with E-state index in [-0.39, 0.29) is 11.3 Å². The minimum Gasteiger partial charge on any atom is -0.449 e. The lowest BCUT2D eigenvalue weighted by atomic mass is 10.2. The number of esters is 1. The first kappa shape index (κ1) is 20.1. The molecule has 0 aliphatic carbocycles. The van der Waals surface area contributed by atoms with Gasteiger partial charge in [-0.15, -0.1) is 0 Å². The van der Waals surface area contributed by atoms with Gasteiger partial charge in [0.05, 0.1) is 16.9 Å². The molecule has 3 aromatic rings. The molecule has 0 saturated carbocycles. The highest BCUT2D eigenvalue weighted by Crippen LogP contribution is 2.15. The smallest absolute Gasteiger partial charge is 0.338 e. The van der Waals surface area contributed by atoms with Gasteiger partial charge in [-0.05, 0) is 50.2 Å². The maximum absolute atomic E-state index is 13.0. The second-order valence-electron chi connectivity index (χ2n) is 6.48. The van der Waals surface area contributed by atoms with Crippen LogP contribution in [0.2, 0.25) is 0 Å². The number of para-hydroxylation sites is 1. The van der Waals surface area contributed by atoms with Crippen molar-refractivity contribution in [3.8, 4) is 5.69 Å². The summed E-state index contributed by atoms with van der Waals surface area (Å²) in [6, 6.07) is 13.8. The number of carbonyl (C=O) groups is 2. The van der Waals surface area contributed by atoms with Gasteiger partial charge in [-0.25, -0.2) is 13.9 Å². The summed E-state index contributed by atoms with van der Waals surface area (Å²) in [6.07, 6.45) is -1.16. The molecule has 0 spiro atoms. The summed E-state index contributed by atoms with van der Waals surface area (Å²) in [5, 5.41) is 2.54. The number of aromatic nitrogens is 2. The maximum Gasteiger partial charge on any atom is 0.338 e. The quantitative estimate of drug-likeness (QED) is 0.671. The molecule has 1 heterocycles. The van der Waals surface area contributed by atoms with E-state index in [1.807, 2.05) is 6.07 Å². The van der Waals surface area contributed by atoms with E-state index in [4.69, 9.17) is 4.74 Å². The van der Waals surface area contributed by atoms with Crippen LogP contribution in [0.25, 0.3) is 5.69 Å². The minimum absolute atomic E-state index is 0.103. The van der Waals surface area contributed by atoms with Crippen LogP contribution in [-0.4, -0.2) is 27.3 Å². The van der Waals surface area contributed by atoms with Crippen molar-refractivity contribution in [2.24, 2.45) is 7.05 Å². The summed E-state index contributed by atoms with van der Waals surface area (Å²) in [5.41, 5.74) is 1.02. The Morgan fingerprint density at radius 2 is 1.69 bits per heavy atom. The molecule has 8 heteroatoms. The number of hydrogen-bond acceptors (Lipinski definition) is 4.